The summed E-state index contributed by atoms with van der Waals surface area (Å²) in [6.45, 7) is 3.88. The van der Waals surface area contributed by atoms with Crippen LogP contribution in [0.1, 0.15) is 25.2 Å². The van der Waals surface area contributed by atoms with E-state index in [0.717, 1.165) is 5.76 Å². The number of benzene rings is 2. The molecule has 1 aliphatic rings. The van der Waals surface area contributed by atoms with Gasteiger partial charge < -0.3 is 13.9 Å². The number of ether oxygens (including phenoxy) is 2. The molecule has 2 aromatic carbocycles. The zero-order chi connectivity index (χ0) is 22.7. The van der Waals surface area contributed by atoms with Crippen LogP contribution < -0.4 is 14.4 Å². The first kappa shape index (κ1) is 21.8. The Hall–Kier alpha value is -3.45. The van der Waals surface area contributed by atoms with Crippen molar-refractivity contribution in [1.82, 2.24) is 0 Å². The van der Waals surface area contributed by atoms with E-state index in [4.69, 9.17) is 13.9 Å². The van der Waals surface area contributed by atoms with Crippen molar-refractivity contribution < 1.29 is 23.5 Å². The van der Waals surface area contributed by atoms with Gasteiger partial charge in [0.15, 0.2) is 0 Å². The SMILES string of the molecule is COc1ccc(C2=C(SCc3ccco3)C(=O)N(c3ccc(OC(C)C)cc3)C2=O)cc1. The zero-order valence-electron chi connectivity index (χ0n) is 18.0. The second-order valence-corrected chi connectivity index (χ2v) is 8.39. The van der Waals surface area contributed by atoms with E-state index < -0.39 is 0 Å². The molecule has 0 bridgehead atoms. The summed E-state index contributed by atoms with van der Waals surface area (Å²) < 4.78 is 16.3. The van der Waals surface area contributed by atoms with E-state index in [1.54, 1.807) is 68.0 Å². The molecule has 3 aromatic rings. The van der Waals surface area contributed by atoms with Gasteiger partial charge in [-0.15, -0.1) is 11.8 Å². The van der Waals surface area contributed by atoms with Crippen LogP contribution in [0.3, 0.4) is 0 Å². The second-order valence-electron chi connectivity index (χ2n) is 7.41. The summed E-state index contributed by atoms with van der Waals surface area (Å²) in [7, 11) is 1.58. The normalized spacial score (nSPS) is 13.9. The molecule has 0 saturated carbocycles. The van der Waals surface area contributed by atoms with Crippen LogP contribution >= 0.6 is 11.8 Å². The number of thioether (sulfide) groups is 1. The highest BCUT2D eigenvalue weighted by molar-refractivity contribution is 8.03. The Labute approximate surface area is 190 Å². The van der Waals surface area contributed by atoms with Crippen molar-refractivity contribution in [2.75, 3.05) is 12.0 Å². The maximum absolute atomic E-state index is 13.5. The van der Waals surface area contributed by atoms with Crippen LogP contribution in [0, 0.1) is 0 Å². The largest absolute Gasteiger partial charge is 0.497 e. The van der Waals surface area contributed by atoms with Crippen LogP contribution in [0.25, 0.3) is 5.57 Å². The molecule has 1 aromatic heterocycles. The van der Waals surface area contributed by atoms with Gasteiger partial charge in [-0.25, -0.2) is 4.90 Å². The van der Waals surface area contributed by atoms with Crippen LogP contribution in [0.15, 0.2) is 76.2 Å². The van der Waals surface area contributed by atoms with Gasteiger partial charge in [-0.2, -0.15) is 0 Å². The van der Waals surface area contributed by atoms with Crippen molar-refractivity contribution in [2.24, 2.45) is 0 Å². The lowest BCUT2D eigenvalue weighted by atomic mass is 10.1. The van der Waals surface area contributed by atoms with Gasteiger partial charge in [-0.05, 0) is 67.9 Å². The van der Waals surface area contributed by atoms with E-state index in [-0.39, 0.29) is 17.9 Å². The summed E-state index contributed by atoms with van der Waals surface area (Å²) in [5, 5.41) is 0. The van der Waals surface area contributed by atoms with Crippen LogP contribution in [0.5, 0.6) is 11.5 Å². The minimum Gasteiger partial charge on any atom is -0.497 e. The van der Waals surface area contributed by atoms with Crippen molar-refractivity contribution in [3.63, 3.8) is 0 Å². The lowest BCUT2D eigenvalue weighted by Crippen LogP contribution is -2.31. The van der Waals surface area contributed by atoms with Crippen molar-refractivity contribution >= 4 is 34.8 Å². The number of nitrogens with zero attached hydrogens (tertiary/aromatic N) is 1. The molecule has 2 heterocycles. The minimum absolute atomic E-state index is 0.0313. The standard InChI is InChI=1S/C25H23NO5S/c1-16(2)31-20-12-8-18(9-13-20)26-24(27)22(17-6-10-19(29-3)11-7-17)23(25(26)28)32-15-21-5-4-14-30-21/h4-14,16H,15H2,1-3H3. The molecule has 32 heavy (non-hydrogen) atoms. The molecule has 0 N–H and O–H groups in total. The molecule has 0 atom stereocenters. The van der Waals surface area contributed by atoms with E-state index in [1.807, 2.05) is 19.9 Å². The molecule has 4 rings (SSSR count). The maximum atomic E-state index is 13.5. The van der Waals surface area contributed by atoms with E-state index in [1.165, 1.54) is 16.7 Å². The monoisotopic (exact) mass is 449 g/mol. The van der Waals surface area contributed by atoms with Gasteiger partial charge in [0.2, 0.25) is 0 Å². The number of amides is 2. The molecular formula is C25H23NO5S. The Kier molecular flexibility index (Phi) is 6.37. The average molecular weight is 450 g/mol. The number of furan rings is 1. The topological polar surface area (TPSA) is 69.0 Å². The number of carbonyl (C=O) groups excluding carboxylic acids is 2. The summed E-state index contributed by atoms with van der Waals surface area (Å²) in [5.41, 5.74) is 1.53. The van der Waals surface area contributed by atoms with Gasteiger partial charge in [-0.3, -0.25) is 9.59 Å². The number of carbonyl (C=O) groups is 2. The predicted molar refractivity (Wildman–Crippen MR) is 125 cm³/mol. The smallest absolute Gasteiger partial charge is 0.272 e. The van der Waals surface area contributed by atoms with Gasteiger partial charge >= 0.3 is 0 Å². The molecule has 7 heteroatoms. The average Bonchev–Trinajstić information content (AvgIpc) is 3.39. The van der Waals surface area contributed by atoms with Gasteiger partial charge in [0.25, 0.3) is 11.8 Å². The molecule has 1 aliphatic heterocycles. The summed E-state index contributed by atoms with van der Waals surface area (Å²) in [6, 6.07) is 17.7. The lowest BCUT2D eigenvalue weighted by molar-refractivity contribution is -0.119. The Morgan fingerprint density at radius 1 is 0.938 bits per heavy atom. The minimum atomic E-state index is -0.361. The third-order valence-electron chi connectivity index (χ3n) is 4.83. The van der Waals surface area contributed by atoms with Gasteiger partial charge in [0.05, 0.1) is 41.4 Å². The lowest BCUT2D eigenvalue weighted by Gasteiger charge is -2.16. The van der Waals surface area contributed by atoms with Crippen LogP contribution in [0.4, 0.5) is 5.69 Å². The third kappa shape index (κ3) is 4.43. The summed E-state index contributed by atoms with van der Waals surface area (Å²) in [4.78, 5) is 28.4. The van der Waals surface area contributed by atoms with Crippen molar-refractivity contribution in [3.8, 4) is 11.5 Å². The summed E-state index contributed by atoms with van der Waals surface area (Å²) in [5.74, 6) is 1.81. The second kappa shape index (κ2) is 9.36. The molecule has 0 fully saturated rings. The number of rotatable bonds is 8. The van der Waals surface area contributed by atoms with E-state index in [2.05, 4.69) is 0 Å². The molecule has 2 amide bonds. The molecule has 6 nitrogen and oxygen atoms in total. The fourth-order valence-electron chi connectivity index (χ4n) is 3.37. The van der Waals surface area contributed by atoms with Gasteiger partial charge in [-0.1, -0.05) is 12.1 Å². The van der Waals surface area contributed by atoms with Crippen molar-refractivity contribution in [2.45, 2.75) is 25.7 Å². The maximum Gasteiger partial charge on any atom is 0.272 e. The Morgan fingerprint density at radius 2 is 1.62 bits per heavy atom. The number of methoxy groups -OCH3 is 1. The number of imide groups is 1. The summed E-state index contributed by atoms with van der Waals surface area (Å²) >= 11 is 1.29. The third-order valence-corrected chi connectivity index (χ3v) is 5.92. The van der Waals surface area contributed by atoms with Crippen LogP contribution in [-0.2, 0) is 15.3 Å². The highest BCUT2D eigenvalue weighted by Crippen LogP contribution is 2.40. The Bertz CT molecular complexity index is 1130. The number of hydrogen-bond acceptors (Lipinski definition) is 6. The molecule has 0 aliphatic carbocycles. The highest BCUT2D eigenvalue weighted by Gasteiger charge is 2.40. The Morgan fingerprint density at radius 3 is 2.22 bits per heavy atom. The first-order valence-electron chi connectivity index (χ1n) is 10.2. The predicted octanol–water partition coefficient (Wildman–Crippen LogP) is 5.29. The molecule has 0 saturated heterocycles. The quantitative estimate of drug-likeness (QED) is 0.435. The first-order chi connectivity index (χ1) is 15.5. The van der Waals surface area contributed by atoms with Crippen molar-refractivity contribution in [1.29, 1.82) is 0 Å². The fraction of sp³-hybridized carbons (Fsp3) is 0.200. The van der Waals surface area contributed by atoms with E-state index >= 15 is 0 Å². The fourth-order valence-corrected chi connectivity index (χ4v) is 4.39. The van der Waals surface area contributed by atoms with Gasteiger partial charge in [0, 0.05) is 0 Å². The Balaban J connectivity index is 1.68. The molecular weight excluding hydrogens is 426 g/mol. The first-order valence-corrected chi connectivity index (χ1v) is 11.2. The van der Waals surface area contributed by atoms with Crippen LogP contribution in [-0.4, -0.2) is 25.0 Å². The molecule has 0 radical (unpaired) electrons. The molecule has 164 valence electrons. The van der Waals surface area contributed by atoms with E-state index in [9.17, 15) is 9.59 Å². The highest BCUT2D eigenvalue weighted by atomic mass is 32.2. The van der Waals surface area contributed by atoms with Crippen molar-refractivity contribution in [3.05, 3.63) is 83.2 Å². The number of hydrogen-bond donors (Lipinski definition) is 0. The summed E-state index contributed by atoms with van der Waals surface area (Å²) in [6.07, 6.45) is 1.62. The molecule has 0 spiro atoms. The molecule has 0 unspecified atom stereocenters. The van der Waals surface area contributed by atoms with E-state index in [0.29, 0.717) is 39.0 Å². The van der Waals surface area contributed by atoms with Crippen LogP contribution in [0.2, 0.25) is 0 Å². The number of anilines is 1. The van der Waals surface area contributed by atoms with Gasteiger partial charge in [0.1, 0.15) is 17.3 Å². The zero-order valence-corrected chi connectivity index (χ0v) is 18.8.